The van der Waals surface area contributed by atoms with Crippen molar-refractivity contribution < 1.29 is 13.6 Å². The number of carbonyl (C=O) groups is 1. The van der Waals surface area contributed by atoms with Crippen molar-refractivity contribution in [3.8, 4) is 0 Å². The van der Waals surface area contributed by atoms with Gasteiger partial charge in [0.15, 0.2) is 11.5 Å². The number of thiophene rings is 1. The lowest BCUT2D eigenvalue weighted by molar-refractivity contribution is 0.0704. The molecule has 0 bridgehead atoms. The van der Waals surface area contributed by atoms with E-state index in [-0.39, 0.29) is 17.6 Å². The highest BCUT2D eigenvalue weighted by atomic mass is 32.1. The van der Waals surface area contributed by atoms with E-state index in [2.05, 4.69) is 4.98 Å². The Morgan fingerprint density at radius 1 is 1.22 bits per heavy atom. The summed E-state index contributed by atoms with van der Waals surface area (Å²) in [6.45, 7) is 1.27. The lowest BCUT2D eigenvalue weighted by Gasteiger charge is -2.30. The number of aromatic nitrogens is 1. The number of benzene rings is 2. The van der Waals surface area contributed by atoms with Gasteiger partial charge < -0.3 is 9.32 Å². The Bertz CT molecular complexity index is 1120. The van der Waals surface area contributed by atoms with Gasteiger partial charge in [0.05, 0.1) is 10.8 Å². The van der Waals surface area contributed by atoms with E-state index in [1.165, 1.54) is 17.4 Å². The van der Waals surface area contributed by atoms with E-state index in [1.807, 2.05) is 35.2 Å². The van der Waals surface area contributed by atoms with Gasteiger partial charge in [-0.2, -0.15) is 0 Å². The molecule has 0 N–H and O–H groups in total. The van der Waals surface area contributed by atoms with Gasteiger partial charge in [0.2, 0.25) is 0 Å². The lowest BCUT2D eigenvalue weighted by Crippen LogP contribution is -2.38. The summed E-state index contributed by atoms with van der Waals surface area (Å²) in [5.74, 6) is 0.444. The normalized spacial score (nSPS) is 17.7. The monoisotopic (exact) mass is 380 g/mol. The fourth-order valence-electron chi connectivity index (χ4n) is 3.71. The molecule has 0 aliphatic carbocycles. The number of amides is 1. The van der Waals surface area contributed by atoms with Crippen LogP contribution in [-0.2, 0) is 0 Å². The number of oxazole rings is 1. The van der Waals surface area contributed by atoms with Crippen molar-refractivity contribution in [1.82, 2.24) is 9.88 Å². The summed E-state index contributed by atoms with van der Waals surface area (Å²) in [5.41, 5.74) is 1.62. The molecule has 5 rings (SSSR count). The molecule has 1 atom stereocenters. The summed E-state index contributed by atoms with van der Waals surface area (Å²) in [6.07, 6.45) is 1.84. The predicted molar refractivity (Wildman–Crippen MR) is 104 cm³/mol. The molecule has 27 heavy (non-hydrogen) atoms. The van der Waals surface area contributed by atoms with E-state index in [4.69, 9.17) is 4.42 Å². The molecular weight excluding hydrogens is 363 g/mol. The molecule has 0 saturated carbocycles. The third-order valence-electron chi connectivity index (χ3n) is 5.09. The maximum atomic E-state index is 14.0. The van der Waals surface area contributed by atoms with Crippen LogP contribution in [0.5, 0.6) is 0 Å². The van der Waals surface area contributed by atoms with Crippen LogP contribution in [0.25, 0.3) is 21.2 Å². The van der Waals surface area contributed by atoms with Crippen molar-refractivity contribution in [2.45, 2.75) is 18.8 Å². The molecular formula is C21H17FN2O2S. The number of likely N-dealkylation sites (tertiary alicyclic amines) is 1. The van der Waals surface area contributed by atoms with Gasteiger partial charge in [0.1, 0.15) is 11.3 Å². The number of hydrogen-bond donors (Lipinski definition) is 0. The first-order valence-electron chi connectivity index (χ1n) is 9.02. The molecule has 1 aliphatic heterocycles. The molecule has 2 aromatic heterocycles. The highest BCUT2D eigenvalue weighted by Gasteiger charge is 2.29. The number of halogens is 1. The van der Waals surface area contributed by atoms with Crippen LogP contribution >= 0.6 is 11.3 Å². The fourth-order valence-corrected chi connectivity index (χ4v) is 4.76. The van der Waals surface area contributed by atoms with Crippen molar-refractivity contribution in [2.75, 3.05) is 13.1 Å². The van der Waals surface area contributed by atoms with Crippen LogP contribution in [0.3, 0.4) is 0 Å². The largest absolute Gasteiger partial charge is 0.440 e. The van der Waals surface area contributed by atoms with E-state index in [0.717, 1.165) is 28.6 Å². The summed E-state index contributed by atoms with van der Waals surface area (Å²) in [6, 6.07) is 14.3. The maximum Gasteiger partial charge on any atom is 0.263 e. The Kier molecular flexibility index (Phi) is 3.93. The van der Waals surface area contributed by atoms with Gasteiger partial charge in [-0.15, -0.1) is 11.3 Å². The minimum atomic E-state index is -0.286. The highest BCUT2D eigenvalue weighted by molar-refractivity contribution is 7.20. The minimum Gasteiger partial charge on any atom is -0.440 e. The Hall–Kier alpha value is -2.73. The third kappa shape index (κ3) is 2.90. The average Bonchev–Trinajstić information content (AvgIpc) is 3.32. The number of piperidine rings is 1. The number of carbonyl (C=O) groups excluding carboxylic acids is 1. The van der Waals surface area contributed by atoms with Gasteiger partial charge >= 0.3 is 0 Å². The zero-order valence-electron chi connectivity index (χ0n) is 14.5. The Morgan fingerprint density at radius 2 is 2.11 bits per heavy atom. The van der Waals surface area contributed by atoms with Gasteiger partial charge in [-0.1, -0.05) is 18.2 Å². The van der Waals surface area contributed by atoms with E-state index >= 15 is 0 Å². The minimum absolute atomic E-state index is 0.0450. The molecule has 4 nitrogen and oxygen atoms in total. The SMILES string of the molecule is O=C(c1cc2c(F)cccc2s1)N1CCC[C@H](c2nc3ccccc3o2)C1. The van der Waals surface area contributed by atoms with Crippen LogP contribution in [-0.4, -0.2) is 28.9 Å². The molecule has 4 aromatic rings. The van der Waals surface area contributed by atoms with Gasteiger partial charge in [-0.25, -0.2) is 9.37 Å². The van der Waals surface area contributed by atoms with E-state index in [1.54, 1.807) is 12.1 Å². The van der Waals surface area contributed by atoms with Crippen molar-refractivity contribution >= 4 is 38.4 Å². The van der Waals surface area contributed by atoms with Crippen LogP contribution in [0.1, 0.15) is 34.3 Å². The molecule has 0 radical (unpaired) electrons. The van der Waals surface area contributed by atoms with Crippen LogP contribution < -0.4 is 0 Å². The van der Waals surface area contributed by atoms with Gasteiger partial charge in [-0.3, -0.25) is 4.79 Å². The second kappa shape index (κ2) is 6.46. The fraction of sp³-hybridized carbons (Fsp3) is 0.238. The first-order valence-corrected chi connectivity index (χ1v) is 9.83. The summed E-state index contributed by atoms with van der Waals surface area (Å²) >= 11 is 1.34. The lowest BCUT2D eigenvalue weighted by atomic mass is 9.98. The smallest absolute Gasteiger partial charge is 0.263 e. The molecule has 1 saturated heterocycles. The predicted octanol–water partition coefficient (Wildman–Crippen LogP) is 5.20. The van der Waals surface area contributed by atoms with E-state index in [9.17, 15) is 9.18 Å². The summed E-state index contributed by atoms with van der Waals surface area (Å²) < 4.78 is 20.7. The van der Waals surface area contributed by atoms with Gasteiger partial charge in [0, 0.05) is 23.2 Å². The molecule has 2 aromatic carbocycles. The number of nitrogens with zero attached hydrogens (tertiary/aromatic N) is 2. The number of fused-ring (bicyclic) bond motifs is 2. The van der Waals surface area contributed by atoms with Gasteiger partial charge in [0.25, 0.3) is 5.91 Å². The molecule has 0 unspecified atom stereocenters. The van der Waals surface area contributed by atoms with Crippen molar-refractivity contribution in [1.29, 1.82) is 0 Å². The molecule has 6 heteroatoms. The van der Waals surface area contributed by atoms with Crippen LogP contribution in [0.15, 0.2) is 52.9 Å². The van der Waals surface area contributed by atoms with E-state index < -0.39 is 0 Å². The Morgan fingerprint density at radius 3 is 2.96 bits per heavy atom. The Labute approximate surface area is 159 Å². The van der Waals surface area contributed by atoms with Crippen LogP contribution in [0, 0.1) is 5.82 Å². The quantitative estimate of drug-likeness (QED) is 0.480. The maximum absolute atomic E-state index is 14.0. The topological polar surface area (TPSA) is 46.3 Å². The average molecular weight is 380 g/mol. The first-order chi connectivity index (χ1) is 13.2. The second-order valence-corrected chi connectivity index (χ2v) is 7.96. The summed E-state index contributed by atoms with van der Waals surface area (Å²) in [5, 5.41) is 0.512. The first kappa shape index (κ1) is 16.4. The molecule has 136 valence electrons. The standard InChI is InChI=1S/C21H17FN2O2S/c22-15-6-3-9-18-14(15)11-19(27-18)21(25)24-10-4-5-13(12-24)20-23-16-7-1-2-8-17(16)26-20/h1-3,6-9,11,13H,4-5,10,12H2/t13-/m0/s1. The third-order valence-corrected chi connectivity index (χ3v) is 6.18. The zero-order chi connectivity index (χ0) is 18.4. The van der Waals surface area contributed by atoms with Crippen molar-refractivity contribution in [3.63, 3.8) is 0 Å². The number of hydrogen-bond acceptors (Lipinski definition) is 4. The molecule has 3 heterocycles. The summed E-state index contributed by atoms with van der Waals surface area (Å²) in [7, 11) is 0. The molecule has 1 aliphatic rings. The van der Waals surface area contributed by atoms with Crippen LogP contribution in [0.4, 0.5) is 4.39 Å². The second-order valence-electron chi connectivity index (χ2n) is 6.87. The molecule has 0 spiro atoms. The molecule has 1 amide bonds. The zero-order valence-corrected chi connectivity index (χ0v) is 15.3. The summed E-state index contributed by atoms with van der Waals surface area (Å²) in [4.78, 5) is 20.0. The van der Waals surface area contributed by atoms with Crippen molar-refractivity contribution in [2.24, 2.45) is 0 Å². The highest BCUT2D eigenvalue weighted by Crippen LogP contribution is 2.32. The van der Waals surface area contributed by atoms with Crippen LogP contribution in [0.2, 0.25) is 0 Å². The van der Waals surface area contributed by atoms with Gasteiger partial charge in [-0.05, 0) is 43.2 Å². The molecule has 1 fully saturated rings. The van der Waals surface area contributed by atoms with Crippen molar-refractivity contribution in [3.05, 3.63) is 65.1 Å². The van der Waals surface area contributed by atoms with E-state index in [0.29, 0.717) is 29.2 Å². The number of para-hydroxylation sites is 2. The Balaban J connectivity index is 1.41. The number of rotatable bonds is 2.